The van der Waals surface area contributed by atoms with E-state index in [-0.39, 0.29) is 22.5 Å². The molecular formula is C20H20N2O3S2. The van der Waals surface area contributed by atoms with Crippen molar-refractivity contribution in [3.63, 3.8) is 0 Å². The lowest BCUT2D eigenvalue weighted by atomic mass is 10.1. The van der Waals surface area contributed by atoms with Gasteiger partial charge in [-0.25, -0.2) is 0 Å². The number of hydrogen-bond acceptors (Lipinski definition) is 4. The number of amidine groups is 1. The number of nitrogens with zero attached hydrogens (tertiary/aromatic N) is 2. The van der Waals surface area contributed by atoms with Crippen LogP contribution in [0.2, 0.25) is 0 Å². The molecule has 5 nitrogen and oxygen atoms in total. The summed E-state index contributed by atoms with van der Waals surface area (Å²) in [6.45, 7) is 5.86. The Balaban J connectivity index is 1.96. The number of carbonyl (C=O) groups is 1. The summed E-state index contributed by atoms with van der Waals surface area (Å²) in [4.78, 5) is 14.3. The lowest BCUT2D eigenvalue weighted by Gasteiger charge is -2.13. The van der Waals surface area contributed by atoms with Gasteiger partial charge in [0.15, 0.2) is 5.17 Å². The lowest BCUT2D eigenvalue weighted by Crippen LogP contribution is -2.30. The molecule has 1 unspecified atom stereocenters. The van der Waals surface area contributed by atoms with Crippen LogP contribution in [-0.4, -0.2) is 30.9 Å². The summed E-state index contributed by atoms with van der Waals surface area (Å²) >= 11 is 1.15. The van der Waals surface area contributed by atoms with Crippen molar-refractivity contribution in [3.05, 3.63) is 78.4 Å². The molecular weight excluding hydrogens is 380 g/mol. The number of amides is 1. The molecule has 2 aromatic rings. The predicted octanol–water partition coefficient (Wildman–Crippen LogP) is 3.80. The van der Waals surface area contributed by atoms with E-state index in [1.54, 1.807) is 30.3 Å². The molecule has 1 amide bonds. The van der Waals surface area contributed by atoms with Crippen LogP contribution in [0.1, 0.15) is 23.3 Å². The summed E-state index contributed by atoms with van der Waals surface area (Å²) in [5, 5.41) is -0.337. The molecule has 7 heteroatoms. The number of carbonyl (C=O) groups excluding carboxylic acids is 1. The molecule has 140 valence electrons. The maximum atomic E-state index is 12.8. The van der Waals surface area contributed by atoms with Crippen molar-refractivity contribution in [2.24, 2.45) is 4.40 Å². The van der Waals surface area contributed by atoms with Gasteiger partial charge < -0.3 is 0 Å². The van der Waals surface area contributed by atoms with Gasteiger partial charge in [-0.15, -0.1) is 11.0 Å². The molecule has 1 saturated heterocycles. The smallest absolute Gasteiger partial charge is 0.284 e. The summed E-state index contributed by atoms with van der Waals surface area (Å²) in [7, 11) is -3.91. The Morgan fingerprint density at radius 1 is 1.15 bits per heavy atom. The minimum Gasteiger partial charge on any atom is -0.285 e. The lowest BCUT2D eigenvalue weighted by molar-refractivity contribution is -0.125. The first-order valence-electron chi connectivity index (χ1n) is 8.54. The van der Waals surface area contributed by atoms with Crippen molar-refractivity contribution in [1.29, 1.82) is 0 Å². The molecule has 0 N–H and O–H groups in total. The van der Waals surface area contributed by atoms with Gasteiger partial charge in [-0.1, -0.05) is 67.2 Å². The van der Waals surface area contributed by atoms with Crippen molar-refractivity contribution >= 4 is 32.9 Å². The Morgan fingerprint density at radius 2 is 1.81 bits per heavy atom. The molecule has 0 saturated carbocycles. The molecule has 1 aliphatic heterocycles. The van der Waals surface area contributed by atoms with Crippen LogP contribution >= 0.6 is 11.8 Å². The van der Waals surface area contributed by atoms with Crippen LogP contribution in [-0.2, 0) is 21.2 Å². The number of sulfonamides is 1. The second-order valence-corrected chi connectivity index (χ2v) is 8.67. The Hall–Kier alpha value is -2.38. The van der Waals surface area contributed by atoms with E-state index in [2.05, 4.69) is 11.0 Å². The first-order chi connectivity index (χ1) is 13.0. The van der Waals surface area contributed by atoms with E-state index >= 15 is 0 Å². The number of benzene rings is 2. The SMILES string of the molecule is C=CCN1C(=O)C(c2ccccc2)SC1=NS(=O)(=O)c1ccc(CC)cc1. The van der Waals surface area contributed by atoms with Gasteiger partial charge in [0.1, 0.15) is 5.25 Å². The first-order valence-corrected chi connectivity index (χ1v) is 10.9. The zero-order valence-electron chi connectivity index (χ0n) is 14.9. The van der Waals surface area contributed by atoms with Crippen molar-refractivity contribution in [2.45, 2.75) is 23.5 Å². The summed E-state index contributed by atoms with van der Waals surface area (Å²) in [5.41, 5.74) is 1.86. The highest BCUT2D eigenvalue weighted by Crippen LogP contribution is 2.40. The van der Waals surface area contributed by atoms with E-state index in [0.717, 1.165) is 29.3 Å². The molecule has 3 rings (SSSR count). The number of hydrogen-bond donors (Lipinski definition) is 0. The average Bonchev–Trinajstić information content (AvgIpc) is 2.98. The average molecular weight is 401 g/mol. The zero-order valence-corrected chi connectivity index (χ0v) is 16.5. The molecule has 1 atom stereocenters. The Labute approximate surface area is 163 Å². The normalized spacial score (nSPS) is 18.9. The van der Waals surface area contributed by atoms with Crippen LogP contribution in [0.4, 0.5) is 0 Å². The minimum atomic E-state index is -3.91. The van der Waals surface area contributed by atoms with Gasteiger partial charge in [0.25, 0.3) is 10.0 Å². The number of thioether (sulfide) groups is 1. The Morgan fingerprint density at radius 3 is 2.41 bits per heavy atom. The molecule has 27 heavy (non-hydrogen) atoms. The van der Waals surface area contributed by atoms with E-state index in [4.69, 9.17) is 0 Å². The Bertz CT molecular complexity index is 968. The van der Waals surface area contributed by atoms with Crippen molar-refractivity contribution in [2.75, 3.05) is 6.54 Å². The summed E-state index contributed by atoms with van der Waals surface area (Å²) < 4.78 is 29.4. The summed E-state index contributed by atoms with van der Waals surface area (Å²) in [5.74, 6) is -0.193. The number of aryl methyl sites for hydroxylation is 1. The van der Waals surface area contributed by atoms with Crippen LogP contribution in [0, 0.1) is 0 Å². The van der Waals surface area contributed by atoms with Crippen LogP contribution in [0.15, 0.2) is 76.5 Å². The van der Waals surface area contributed by atoms with Crippen molar-refractivity contribution < 1.29 is 13.2 Å². The molecule has 1 heterocycles. The monoisotopic (exact) mass is 400 g/mol. The fourth-order valence-corrected chi connectivity index (χ4v) is 5.09. The highest BCUT2D eigenvalue weighted by atomic mass is 32.2. The minimum absolute atomic E-state index is 0.113. The molecule has 1 aliphatic rings. The topological polar surface area (TPSA) is 66.8 Å². The van der Waals surface area contributed by atoms with Gasteiger partial charge in [0.05, 0.1) is 4.90 Å². The highest BCUT2D eigenvalue weighted by Gasteiger charge is 2.39. The van der Waals surface area contributed by atoms with Gasteiger partial charge in [-0.05, 0) is 29.7 Å². The third kappa shape index (κ3) is 4.14. The van der Waals surface area contributed by atoms with Gasteiger partial charge in [-0.2, -0.15) is 8.42 Å². The molecule has 2 aromatic carbocycles. The summed E-state index contributed by atoms with van der Waals surface area (Å²) in [6, 6.07) is 15.9. The van der Waals surface area contributed by atoms with E-state index in [9.17, 15) is 13.2 Å². The van der Waals surface area contributed by atoms with Crippen LogP contribution in [0.25, 0.3) is 0 Å². The van der Waals surface area contributed by atoms with E-state index < -0.39 is 15.3 Å². The third-order valence-electron chi connectivity index (χ3n) is 4.19. The second kappa shape index (κ2) is 8.10. The van der Waals surface area contributed by atoms with E-state index in [0.29, 0.717) is 0 Å². The second-order valence-electron chi connectivity index (χ2n) is 5.99. The van der Waals surface area contributed by atoms with Crippen LogP contribution < -0.4 is 0 Å². The molecule has 0 bridgehead atoms. The Kier molecular flexibility index (Phi) is 5.82. The van der Waals surface area contributed by atoms with E-state index in [1.165, 1.54) is 4.90 Å². The molecule has 1 fully saturated rings. The van der Waals surface area contributed by atoms with Gasteiger partial charge >= 0.3 is 0 Å². The predicted molar refractivity (Wildman–Crippen MR) is 109 cm³/mol. The van der Waals surface area contributed by atoms with Crippen molar-refractivity contribution in [1.82, 2.24) is 4.90 Å². The highest BCUT2D eigenvalue weighted by molar-refractivity contribution is 8.15. The van der Waals surface area contributed by atoms with E-state index in [1.807, 2.05) is 37.3 Å². The fraction of sp³-hybridized carbons (Fsp3) is 0.200. The number of rotatable bonds is 6. The van der Waals surface area contributed by atoms with Gasteiger partial charge in [-0.3, -0.25) is 9.69 Å². The quantitative estimate of drug-likeness (QED) is 0.692. The van der Waals surface area contributed by atoms with Crippen LogP contribution in [0.5, 0.6) is 0 Å². The fourth-order valence-electron chi connectivity index (χ4n) is 2.71. The largest absolute Gasteiger partial charge is 0.285 e. The molecule has 0 aromatic heterocycles. The standard InChI is InChI=1S/C20H20N2O3S2/c1-3-14-22-19(23)18(16-8-6-5-7-9-16)26-20(22)21-27(24,25)17-12-10-15(4-2)11-13-17/h3,5-13,18H,1,4,14H2,2H3. The molecule has 0 spiro atoms. The van der Waals surface area contributed by atoms with Crippen LogP contribution in [0.3, 0.4) is 0 Å². The molecule has 0 aliphatic carbocycles. The zero-order chi connectivity index (χ0) is 19.4. The molecule has 0 radical (unpaired) electrons. The third-order valence-corrected chi connectivity index (χ3v) is 6.81. The first kappa shape index (κ1) is 19.4. The van der Waals surface area contributed by atoms with Crippen molar-refractivity contribution in [3.8, 4) is 0 Å². The van der Waals surface area contributed by atoms with Gasteiger partial charge in [0.2, 0.25) is 5.91 Å². The summed E-state index contributed by atoms with van der Waals surface area (Å²) in [6.07, 6.45) is 2.38. The maximum absolute atomic E-state index is 12.8. The van der Waals surface area contributed by atoms with Gasteiger partial charge in [0, 0.05) is 6.54 Å². The maximum Gasteiger partial charge on any atom is 0.284 e.